The van der Waals surface area contributed by atoms with Crippen LogP contribution in [-0.4, -0.2) is 42.6 Å². The van der Waals surface area contributed by atoms with E-state index in [1.165, 1.54) is 16.7 Å². The van der Waals surface area contributed by atoms with E-state index in [0.29, 0.717) is 0 Å². The Labute approximate surface area is 138 Å². The van der Waals surface area contributed by atoms with Crippen LogP contribution in [0.25, 0.3) is 0 Å². The Morgan fingerprint density at radius 3 is 2.43 bits per heavy atom. The molecule has 2 aliphatic heterocycles. The SMILES string of the molecule is c1ccc(CN2CCN(C3OCCc4ccccc43)CC2)cc1. The molecule has 3 nitrogen and oxygen atoms in total. The quantitative estimate of drug-likeness (QED) is 0.866. The molecule has 0 amide bonds. The normalized spacial score (nSPS) is 22.7. The Morgan fingerprint density at radius 2 is 1.61 bits per heavy atom. The molecule has 2 heterocycles. The van der Waals surface area contributed by atoms with Crippen LogP contribution in [0, 0.1) is 0 Å². The Morgan fingerprint density at radius 1 is 0.870 bits per heavy atom. The molecule has 1 unspecified atom stereocenters. The average Bonchev–Trinajstić information content (AvgIpc) is 2.63. The lowest BCUT2D eigenvalue weighted by Crippen LogP contribution is -2.48. The van der Waals surface area contributed by atoms with Gasteiger partial charge in [-0.15, -0.1) is 0 Å². The van der Waals surface area contributed by atoms with E-state index in [0.717, 1.165) is 45.8 Å². The number of rotatable bonds is 3. The largest absolute Gasteiger partial charge is 0.358 e. The van der Waals surface area contributed by atoms with Crippen LogP contribution in [0.2, 0.25) is 0 Å². The van der Waals surface area contributed by atoms with Gasteiger partial charge in [-0.1, -0.05) is 54.6 Å². The fourth-order valence-electron chi connectivity index (χ4n) is 3.67. The molecule has 4 rings (SSSR count). The van der Waals surface area contributed by atoms with Gasteiger partial charge < -0.3 is 4.74 Å². The predicted molar refractivity (Wildman–Crippen MR) is 92.1 cm³/mol. The number of benzene rings is 2. The highest BCUT2D eigenvalue weighted by Gasteiger charge is 2.29. The molecule has 0 aromatic heterocycles. The van der Waals surface area contributed by atoms with Gasteiger partial charge in [-0.05, 0) is 23.1 Å². The summed E-state index contributed by atoms with van der Waals surface area (Å²) < 4.78 is 6.10. The molecule has 3 heteroatoms. The van der Waals surface area contributed by atoms with Gasteiger partial charge in [-0.25, -0.2) is 0 Å². The summed E-state index contributed by atoms with van der Waals surface area (Å²) in [4.78, 5) is 5.04. The first-order valence-electron chi connectivity index (χ1n) is 8.60. The zero-order chi connectivity index (χ0) is 15.5. The molecule has 0 saturated carbocycles. The summed E-state index contributed by atoms with van der Waals surface area (Å²) in [7, 11) is 0. The number of hydrogen-bond donors (Lipinski definition) is 0. The van der Waals surface area contributed by atoms with E-state index in [1.54, 1.807) is 0 Å². The first-order valence-corrected chi connectivity index (χ1v) is 8.60. The summed E-state index contributed by atoms with van der Waals surface area (Å²) in [6.45, 7) is 6.26. The van der Waals surface area contributed by atoms with Crippen LogP contribution >= 0.6 is 0 Å². The van der Waals surface area contributed by atoms with Gasteiger partial charge in [-0.3, -0.25) is 9.80 Å². The van der Waals surface area contributed by atoms with Gasteiger partial charge >= 0.3 is 0 Å². The second-order valence-corrected chi connectivity index (χ2v) is 6.47. The standard InChI is InChI=1S/C20H24N2O/c1-2-6-17(7-3-1)16-21-11-13-22(14-12-21)20-19-9-5-4-8-18(19)10-15-23-20/h1-9,20H,10-16H2. The third-order valence-electron chi connectivity index (χ3n) is 4.96. The Hall–Kier alpha value is -1.68. The van der Waals surface area contributed by atoms with Crippen molar-refractivity contribution >= 4 is 0 Å². The highest BCUT2D eigenvalue weighted by Crippen LogP contribution is 2.30. The average molecular weight is 308 g/mol. The number of ether oxygens (including phenoxy) is 1. The van der Waals surface area contributed by atoms with Gasteiger partial charge in [0, 0.05) is 32.7 Å². The van der Waals surface area contributed by atoms with Crippen LogP contribution in [0.15, 0.2) is 54.6 Å². The van der Waals surface area contributed by atoms with Crippen molar-refractivity contribution in [3.05, 3.63) is 71.3 Å². The molecule has 2 aliphatic rings. The fraction of sp³-hybridized carbons (Fsp3) is 0.400. The Balaban J connectivity index is 1.39. The molecule has 0 spiro atoms. The summed E-state index contributed by atoms with van der Waals surface area (Å²) in [6, 6.07) is 19.5. The molecular weight excluding hydrogens is 284 g/mol. The first-order chi connectivity index (χ1) is 11.4. The lowest BCUT2D eigenvalue weighted by molar-refractivity contribution is -0.0868. The van der Waals surface area contributed by atoms with Gasteiger partial charge in [0.1, 0.15) is 6.23 Å². The molecule has 0 aliphatic carbocycles. The van der Waals surface area contributed by atoms with Crippen LogP contribution in [0.5, 0.6) is 0 Å². The minimum absolute atomic E-state index is 0.152. The maximum Gasteiger partial charge on any atom is 0.137 e. The van der Waals surface area contributed by atoms with Crippen molar-refractivity contribution in [2.24, 2.45) is 0 Å². The van der Waals surface area contributed by atoms with Gasteiger partial charge in [0.15, 0.2) is 0 Å². The van der Waals surface area contributed by atoms with Crippen molar-refractivity contribution in [3.63, 3.8) is 0 Å². The highest BCUT2D eigenvalue weighted by atomic mass is 16.5. The zero-order valence-corrected chi connectivity index (χ0v) is 13.5. The van der Waals surface area contributed by atoms with E-state index in [2.05, 4.69) is 64.4 Å². The molecule has 0 radical (unpaired) electrons. The fourth-order valence-corrected chi connectivity index (χ4v) is 3.67. The summed E-state index contributed by atoms with van der Waals surface area (Å²) in [6.07, 6.45) is 1.19. The van der Waals surface area contributed by atoms with Crippen LogP contribution in [-0.2, 0) is 17.7 Å². The molecule has 23 heavy (non-hydrogen) atoms. The smallest absolute Gasteiger partial charge is 0.137 e. The summed E-state index contributed by atoms with van der Waals surface area (Å²) in [5, 5.41) is 0. The number of piperazine rings is 1. The molecule has 2 aromatic rings. The van der Waals surface area contributed by atoms with Crippen molar-refractivity contribution in [1.29, 1.82) is 0 Å². The predicted octanol–water partition coefficient (Wildman–Crippen LogP) is 3.08. The Bertz CT molecular complexity index is 635. The third-order valence-corrected chi connectivity index (χ3v) is 4.96. The number of hydrogen-bond acceptors (Lipinski definition) is 3. The van der Waals surface area contributed by atoms with Crippen LogP contribution in [0.1, 0.15) is 22.9 Å². The van der Waals surface area contributed by atoms with Gasteiger partial charge in [0.2, 0.25) is 0 Å². The van der Waals surface area contributed by atoms with E-state index in [1.807, 2.05) is 0 Å². The van der Waals surface area contributed by atoms with E-state index >= 15 is 0 Å². The lowest BCUT2D eigenvalue weighted by atomic mass is 10.00. The lowest BCUT2D eigenvalue weighted by Gasteiger charge is -2.41. The van der Waals surface area contributed by atoms with Crippen molar-refractivity contribution in [1.82, 2.24) is 9.80 Å². The molecule has 1 fully saturated rings. The van der Waals surface area contributed by atoms with Gasteiger partial charge in [0.25, 0.3) is 0 Å². The van der Waals surface area contributed by atoms with Crippen molar-refractivity contribution < 1.29 is 4.74 Å². The third kappa shape index (κ3) is 3.32. The second kappa shape index (κ2) is 6.83. The van der Waals surface area contributed by atoms with E-state index in [4.69, 9.17) is 4.74 Å². The summed E-state index contributed by atoms with van der Waals surface area (Å²) in [5.41, 5.74) is 4.23. The van der Waals surface area contributed by atoms with E-state index < -0.39 is 0 Å². The molecule has 1 saturated heterocycles. The van der Waals surface area contributed by atoms with E-state index in [-0.39, 0.29) is 6.23 Å². The molecule has 120 valence electrons. The van der Waals surface area contributed by atoms with E-state index in [9.17, 15) is 0 Å². The van der Waals surface area contributed by atoms with Gasteiger partial charge in [-0.2, -0.15) is 0 Å². The van der Waals surface area contributed by atoms with Crippen molar-refractivity contribution in [2.75, 3.05) is 32.8 Å². The van der Waals surface area contributed by atoms with Crippen LogP contribution in [0.4, 0.5) is 0 Å². The van der Waals surface area contributed by atoms with Gasteiger partial charge in [0.05, 0.1) is 6.61 Å². The second-order valence-electron chi connectivity index (χ2n) is 6.47. The van der Waals surface area contributed by atoms with Crippen molar-refractivity contribution in [2.45, 2.75) is 19.2 Å². The zero-order valence-electron chi connectivity index (χ0n) is 13.5. The monoisotopic (exact) mass is 308 g/mol. The molecule has 2 aromatic carbocycles. The maximum atomic E-state index is 6.10. The van der Waals surface area contributed by atoms with Crippen LogP contribution in [0.3, 0.4) is 0 Å². The maximum absolute atomic E-state index is 6.10. The number of nitrogens with zero attached hydrogens (tertiary/aromatic N) is 2. The minimum Gasteiger partial charge on any atom is -0.358 e. The molecule has 0 bridgehead atoms. The summed E-state index contributed by atoms with van der Waals surface area (Å²) in [5.74, 6) is 0. The van der Waals surface area contributed by atoms with Crippen LogP contribution < -0.4 is 0 Å². The summed E-state index contributed by atoms with van der Waals surface area (Å²) >= 11 is 0. The molecular formula is C20H24N2O. The molecule has 1 atom stereocenters. The van der Waals surface area contributed by atoms with Crippen molar-refractivity contribution in [3.8, 4) is 0 Å². The highest BCUT2D eigenvalue weighted by molar-refractivity contribution is 5.30. The molecule has 0 N–H and O–H groups in total. The Kier molecular flexibility index (Phi) is 4.42. The minimum atomic E-state index is 0.152. The topological polar surface area (TPSA) is 15.7 Å². The first kappa shape index (κ1) is 14.9. The number of fused-ring (bicyclic) bond motifs is 1.